The second-order valence-electron chi connectivity index (χ2n) is 2.91. The number of aromatic nitrogens is 1. The molecule has 0 saturated heterocycles. The molecule has 1 aromatic rings. The van der Waals surface area contributed by atoms with Gasteiger partial charge in [-0.15, -0.1) is 0 Å². The van der Waals surface area contributed by atoms with Crippen LogP contribution in [-0.4, -0.2) is 19.2 Å². The molecular formula is C8H7BrF3NO2S. The van der Waals surface area contributed by atoms with E-state index in [1.54, 1.807) is 0 Å². The minimum atomic E-state index is -4.61. The zero-order valence-electron chi connectivity index (χ0n) is 8.05. The third-order valence-corrected chi connectivity index (χ3v) is 4.49. The molecule has 1 aromatic heterocycles. The Morgan fingerprint density at radius 1 is 1.44 bits per heavy atom. The summed E-state index contributed by atoms with van der Waals surface area (Å²) in [6.07, 6.45) is -4.02. The van der Waals surface area contributed by atoms with Gasteiger partial charge in [-0.05, 0) is 22.0 Å². The van der Waals surface area contributed by atoms with Crippen molar-refractivity contribution >= 4 is 25.8 Å². The van der Waals surface area contributed by atoms with Gasteiger partial charge in [-0.1, -0.05) is 6.92 Å². The quantitative estimate of drug-likeness (QED) is 0.788. The van der Waals surface area contributed by atoms with Crippen LogP contribution in [0.3, 0.4) is 0 Å². The number of rotatable bonds is 2. The molecule has 0 aliphatic rings. The summed E-state index contributed by atoms with van der Waals surface area (Å²) in [4.78, 5) is 2.94. The summed E-state index contributed by atoms with van der Waals surface area (Å²) >= 11 is 2.82. The minimum absolute atomic E-state index is 0.109. The fraction of sp³-hybridized carbons (Fsp3) is 0.375. The van der Waals surface area contributed by atoms with Crippen molar-refractivity contribution < 1.29 is 21.6 Å². The molecule has 0 aliphatic heterocycles. The first-order valence-corrected chi connectivity index (χ1v) is 6.58. The van der Waals surface area contributed by atoms with Crippen LogP contribution in [0.1, 0.15) is 12.5 Å². The van der Waals surface area contributed by atoms with Crippen LogP contribution >= 0.6 is 15.9 Å². The Bertz CT molecular complexity index is 498. The van der Waals surface area contributed by atoms with Crippen molar-refractivity contribution in [3.63, 3.8) is 0 Å². The lowest BCUT2D eigenvalue weighted by molar-refractivity contribution is -0.138. The second kappa shape index (κ2) is 4.33. The molecule has 0 aromatic carbocycles. The molecule has 0 atom stereocenters. The molecule has 1 rings (SSSR count). The highest BCUT2D eigenvalue weighted by atomic mass is 79.9. The van der Waals surface area contributed by atoms with E-state index >= 15 is 0 Å². The molecule has 0 saturated carbocycles. The normalized spacial score (nSPS) is 12.8. The van der Waals surface area contributed by atoms with Gasteiger partial charge in [0.2, 0.25) is 0 Å². The number of hydrogen-bond acceptors (Lipinski definition) is 3. The number of nitrogens with zero attached hydrogens (tertiary/aromatic N) is 1. The molecule has 0 aliphatic carbocycles. The summed E-state index contributed by atoms with van der Waals surface area (Å²) in [5, 5.41) is 0. The smallest absolute Gasteiger partial charge is 0.247 e. The number of halogens is 4. The molecule has 0 unspecified atom stereocenters. The van der Waals surface area contributed by atoms with Gasteiger partial charge in [0, 0.05) is 6.20 Å². The van der Waals surface area contributed by atoms with Crippen LogP contribution in [0, 0.1) is 0 Å². The van der Waals surface area contributed by atoms with E-state index in [1.165, 1.54) is 6.92 Å². The van der Waals surface area contributed by atoms with Gasteiger partial charge < -0.3 is 0 Å². The van der Waals surface area contributed by atoms with Gasteiger partial charge in [-0.25, -0.2) is 13.4 Å². The van der Waals surface area contributed by atoms with Crippen LogP contribution in [0.15, 0.2) is 21.8 Å². The Morgan fingerprint density at radius 2 is 2.00 bits per heavy atom. The average molecular weight is 318 g/mol. The zero-order valence-corrected chi connectivity index (χ0v) is 10.4. The van der Waals surface area contributed by atoms with Gasteiger partial charge in [-0.3, -0.25) is 0 Å². The van der Waals surface area contributed by atoms with Crippen LogP contribution < -0.4 is 0 Å². The van der Waals surface area contributed by atoms with E-state index in [2.05, 4.69) is 20.9 Å². The van der Waals surface area contributed by atoms with Crippen molar-refractivity contribution in [2.24, 2.45) is 0 Å². The monoisotopic (exact) mass is 317 g/mol. The molecule has 0 radical (unpaired) electrons. The largest absolute Gasteiger partial charge is 0.417 e. The summed E-state index contributed by atoms with van der Waals surface area (Å²) in [5.41, 5.74) is -1.08. The maximum Gasteiger partial charge on any atom is 0.417 e. The maximum atomic E-state index is 12.3. The zero-order chi connectivity index (χ0) is 12.6. The lowest BCUT2D eigenvalue weighted by atomic mass is 10.3. The molecule has 0 N–H and O–H groups in total. The van der Waals surface area contributed by atoms with Gasteiger partial charge in [-0.2, -0.15) is 13.2 Å². The highest BCUT2D eigenvalue weighted by Gasteiger charge is 2.33. The third kappa shape index (κ3) is 2.73. The van der Waals surface area contributed by atoms with Crippen molar-refractivity contribution in [3.8, 4) is 0 Å². The first-order valence-electron chi connectivity index (χ1n) is 4.14. The molecule has 8 heteroatoms. The Labute approximate surface area is 98.7 Å². The molecule has 0 bridgehead atoms. The standard InChI is InChI=1S/C8H7BrF3NO2S/c1-2-16(14,15)6-3-5(8(10,11)12)4-13-7(6)9/h3-4H,2H2,1H3. The third-order valence-electron chi connectivity index (χ3n) is 1.85. The van der Waals surface area contributed by atoms with E-state index in [-0.39, 0.29) is 10.4 Å². The van der Waals surface area contributed by atoms with Crippen molar-refractivity contribution in [2.75, 3.05) is 5.75 Å². The summed E-state index contributed by atoms with van der Waals surface area (Å²) in [7, 11) is -3.72. The SMILES string of the molecule is CCS(=O)(=O)c1cc(C(F)(F)F)cnc1Br. The minimum Gasteiger partial charge on any atom is -0.247 e. The van der Waals surface area contributed by atoms with Crippen LogP contribution in [0.4, 0.5) is 13.2 Å². The van der Waals surface area contributed by atoms with Crippen LogP contribution in [0.25, 0.3) is 0 Å². The van der Waals surface area contributed by atoms with Crippen LogP contribution in [-0.2, 0) is 16.0 Å². The van der Waals surface area contributed by atoms with Crippen molar-refractivity contribution in [1.82, 2.24) is 4.98 Å². The maximum absolute atomic E-state index is 12.3. The molecule has 90 valence electrons. The predicted molar refractivity (Wildman–Crippen MR) is 54.7 cm³/mol. The van der Waals surface area contributed by atoms with Gasteiger partial charge in [0.05, 0.1) is 11.3 Å². The molecule has 1 heterocycles. The van der Waals surface area contributed by atoms with Crippen molar-refractivity contribution in [2.45, 2.75) is 18.0 Å². The second-order valence-corrected chi connectivity index (χ2v) is 5.91. The van der Waals surface area contributed by atoms with Gasteiger partial charge in [0.25, 0.3) is 0 Å². The number of hydrogen-bond donors (Lipinski definition) is 0. The Kier molecular flexibility index (Phi) is 3.63. The fourth-order valence-corrected chi connectivity index (χ4v) is 2.84. The highest BCUT2D eigenvalue weighted by molar-refractivity contribution is 9.10. The Hall–Kier alpha value is -0.630. The number of sulfone groups is 1. The lowest BCUT2D eigenvalue weighted by Gasteiger charge is -2.09. The molecule has 0 spiro atoms. The van der Waals surface area contributed by atoms with E-state index in [9.17, 15) is 21.6 Å². The van der Waals surface area contributed by atoms with E-state index < -0.39 is 26.5 Å². The summed E-state index contributed by atoms with van der Waals surface area (Å²) in [5.74, 6) is -0.283. The molecular weight excluding hydrogens is 311 g/mol. The van der Waals surface area contributed by atoms with Gasteiger partial charge >= 0.3 is 6.18 Å². The first-order chi connectivity index (χ1) is 7.18. The molecule has 3 nitrogen and oxygen atoms in total. The number of pyridine rings is 1. The summed E-state index contributed by atoms with van der Waals surface area (Å²) in [6.45, 7) is 1.35. The topological polar surface area (TPSA) is 47.0 Å². The average Bonchev–Trinajstić information content (AvgIpc) is 2.16. The van der Waals surface area contributed by atoms with E-state index in [1.807, 2.05) is 0 Å². The first kappa shape index (κ1) is 13.4. The molecule has 16 heavy (non-hydrogen) atoms. The highest BCUT2D eigenvalue weighted by Crippen LogP contribution is 2.32. The van der Waals surface area contributed by atoms with Crippen molar-refractivity contribution in [1.29, 1.82) is 0 Å². The molecule has 0 amide bonds. The van der Waals surface area contributed by atoms with Crippen molar-refractivity contribution in [3.05, 3.63) is 22.4 Å². The Balaban J connectivity index is 3.42. The van der Waals surface area contributed by atoms with Gasteiger partial charge in [0.1, 0.15) is 9.50 Å². The van der Waals surface area contributed by atoms with Gasteiger partial charge in [0.15, 0.2) is 9.84 Å². The molecule has 0 fully saturated rings. The summed E-state index contributed by atoms with van der Waals surface area (Å²) in [6, 6.07) is 0.579. The van der Waals surface area contributed by atoms with E-state index in [0.717, 1.165) is 0 Å². The van der Waals surface area contributed by atoms with E-state index in [4.69, 9.17) is 0 Å². The fourth-order valence-electron chi connectivity index (χ4n) is 0.957. The Morgan fingerprint density at radius 3 is 2.44 bits per heavy atom. The van der Waals surface area contributed by atoms with E-state index in [0.29, 0.717) is 12.3 Å². The lowest BCUT2D eigenvalue weighted by Crippen LogP contribution is -2.11. The van der Waals surface area contributed by atoms with Crippen LogP contribution in [0.2, 0.25) is 0 Å². The van der Waals surface area contributed by atoms with Crippen LogP contribution in [0.5, 0.6) is 0 Å². The summed E-state index contributed by atoms with van der Waals surface area (Å²) < 4.78 is 59.8. The predicted octanol–water partition coefficient (Wildman–Crippen LogP) is 2.66. The number of alkyl halides is 3.